The first-order valence-electron chi connectivity index (χ1n) is 9.14. The van der Waals surface area contributed by atoms with Gasteiger partial charge in [0.2, 0.25) is 17.6 Å². The van der Waals surface area contributed by atoms with Gasteiger partial charge in [0.1, 0.15) is 23.9 Å². The molecule has 8 heteroatoms. The van der Waals surface area contributed by atoms with Gasteiger partial charge < -0.3 is 18.9 Å². The van der Waals surface area contributed by atoms with Gasteiger partial charge in [-0.15, -0.1) is 0 Å². The van der Waals surface area contributed by atoms with Crippen LogP contribution in [0.25, 0.3) is 11.4 Å². The van der Waals surface area contributed by atoms with E-state index in [0.29, 0.717) is 42.6 Å². The summed E-state index contributed by atoms with van der Waals surface area (Å²) in [5, 5.41) is 3.87. The summed E-state index contributed by atoms with van der Waals surface area (Å²) in [7, 11) is 3.33. The zero-order valence-corrected chi connectivity index (χ0v) is 16.3. The van der Waals surface area contributed by atoms with Crippen molar-refractivity contribution in [3.63, 3.8) is 0 Å². The Labute approximate surface area is 168 Å². The second kappa shape index (κ2) is 9.68. The highest BCUT2D eigenvalue weighted by Crippen LogP contribution is 2.18. The highest BCUT2D eigenvalue weighted by Gasteiger charge is 2.13. The van der Waals surface area contributed by atoms with Crippen LogP contribution >= 0.6 is 0 Å². The average Bonchev–Trinajstić information content (AvgIpc) is 3.22. The van der Waals surface area contributed by atoms with E-state index < -0.39 is 0 Å². The lowest BCUT2D eigenvalue weighted by atomic mass is 10.2. The van der Waals surface area contributed by atoms with E-state index >= 15 is 0 Å². The lowest BCUT2D eigenvalue weighted by Crippen LogP contribution is -2.31. The lowest BCUT2D eigenvalue weighted by Gasteiger charge is -2.17. The highest BCUT2D eigenvalue weighted by molar-refractivity contribution is 5.76. The Kier molecular flexibility index (Phi) is 6.78. The van der Waals surface area contributed by atoms with Crippen LogP contribution in [0.15, 0.2) is 53.1 Å². The minimum absolute atomic E-state index is 0.0511. The molecule has 0 aliphatic carbocycles. The topological polar surface area (TPSA) is 77.7 Å². The molecule has 2 aromatic carbocycles. The second-order valence-corrected chi connectivity index (χ2v) is 6.36. The van der Waals surface area contributed by atoms with Gasteiger partial charge in [-0.05, 0) is 48.5 Å². The molecule has 0 unspecified atom stereocenters. The molecule has 0 N–H and O–H groups in total. The average molecular weight is 399 g/mol. The van der Waals surface area contributed by atoms with Crippen molar-refractivity contribution >= 4 is 5.91 Å². The Morgan fingerprint density at radius 1 is 1.10 bits per heavy atom. The second-order valence-electron chi connectivity index (χ2n) is 6.36. The summed E-state index contributed by atoms with van der Waals surface area (Å²) in [5.74, 6) is 1.82. The number of hydrogen-bond donors (Lipinski definition) is 0. The van der Waals surface area contributed by atoms with Crippen molar-refractivity contribution in [1.29, 1.82) is 0 Å². The van der Waals surface area contributed by atoms with E-state index in [1.54, 1.807) is 31.2 Å². The number of likely N-dealkylation sites (N-methyl/N-ethyl adjacent to an activating group) is 1. The summed E-state index contributed by atoms with van der Waals surface area (Å²) in [6.07, 6.45) is 0.570. The molecule has 1 amide bonds. The highest BCUT2D eigenvalue weighted by atomic mass is 19.1. The summed E-state index contributed by atoms with van der Waals surface area (Å²) in [6.45, 7) is 0.833. The van der Waals surface area contributed by atoms with E-state index in [4.69, 9.17) is 14.0 Å². The van der Waals surface area contributed by atoms with Crippen LogP contribution < -0.4 is 9.47 Å². The Morgan fingerprint density at radius 3 is 2.48 bits per heavy atom. The Morgan fingerprint density at radius 2 is 1.79 bits per heavy atom. The number of nitrogens with zero attached hydrogens (tertiary/aromatic N) is 3. The zero-order chi connectivity index (χ0) is 20.6. The van der Waals surface area contributed by atoms with Gasteiger partial charge >= 0.3 is 0 Å². The van der Waals surface area contributed by atoms with Gasteiger partial charge in [0, 0.05) is 25.5 Å². The van der Waals surface area contributed by atoms with Crippen LogP contribution in [-0.2, 0) is 11.2 Å². The summed E-state index contributed by atoms with van der Waals surface area (Å²) in [6, 6.07) is 13.1. The molecular formula is C21H22FN3O4. The number of amides is 1. The monoisotopic (exact) mass is 399 g/mol. The van der Waals surface area contributed by atoms with E-state index in [2.05, 4.69) is 10.1 Å². The molecule has 0 spiro atoms. The maximum absolute atomic E-state index is 13.0. The number of benzene rings is 2. The van der Waals surface area contributed by atoms with Crippen molar-refractivity contribution in [2.75, 3.05) is 27.3 Å². The molecule has 0 bridgehead atoms. The fourth-order valence-electron chi connectivity index (χ4n) is 2.57. The molecule has 3 rings (SSSR count). The summed E-state index contributed by atoms with van der Waals surface area (Å²) >= 11 is 0. The van der Waals surface area contributed by atoms with Crippen molar-refractivity contribution in [3.8, 4) is 22.9 Å². The van der Waals surface area contributed by atoms with E-state index in [0.717, 1.165) is 5.75 Å². The normalized spacial score (nSPS) is 10.6. The summed E-state index contributed by atoms with van der Waals surface area (Å²) in [5.41, 5.74) is 0.653. The number of rotatable bonds is 9. The largest absolute Gasteiger partial charge is 0.497 e. The van der Waals surface area contributed by atoms with E-state index in [-0.39, 0.29) is 18.1 Å². The number of methoxy groups -OCH3 is 1. The SMILES string of the molecule is COc1ccc(OCCN(C)C(=O)CCc2nc(-c3ccc(F)cc3)no2)cc1. The van der Waals surface area contributed by atoms with Crippen molar-refractivity contribution in [1.82, 2.24) is 15.0 Å². The predicted octanol–water partition coefficient (Wildman–Crippen LogP) is 3.35. The van der Waals surface area contributed by atoms with Crippen LogP contribution in [0.4, 0.5) is 4.39 Å². The number of hydrogen-bond acceptors (Lipinski definition) is 6. The van der Waals surface area contributed by atoms with Gasteiger partial charge in [0.25, 0.3) is 0 Å². The molecule has 152 valence electrons. The van der Waals surface area contributed by atoms with Crippen LogP contribution in [0.1, 0.15) is 12.3 Å². The molecule has 0 atom stereocenters. The third-order valence-corrected chi connectivity index (χ3v) is 4.30. The molecule has 29 heavy (non-hydrogen) atoms. The summed E-state index contributed by atoms with van der Waals surface area (Å²) in [4.78, 5) is 18.1. The maximum Gasteiger partial charge on any atom is 0.227 e. The first-order valence-corrected chi connectivity index (χ1v) is 9.14. The van der Waals surface area contributed by atoms with Gasteiger partial charge in [-0.25, -0.2) is 4.39 Å². The molecule has 0 aliphatic rings. The van der Waals surface area contributed by atoms with Crippen LogP contribution in [0, 0.1) is 5.82 Å². The predicted molar refractivity (Wildman–Crippen MR) is 104 cm³/mol. The van der Waals surface area contributed by atoms with E-state index in [1.165, 1.54) is 12.1 Å². The lowest BCUT2D eigenvalue weighted by molar-refractivity contribution is -0.130. The third kappa shape index (κ3) is 5.78. The van der Waals surface area contributed by atoms with Crippen molar-refractivity contribution < 1.29 is 23.2 Å². The third-order valence-electron chi connectivity index (χ3n) is 4.30. The van der Waals surface area contributed by atoms with Crippen LogP contribution in [-0.4, -0.2) is 48.3 Å². The number of ether oxygens (including phenoxy) is 2. The van der Waals surface area contributed by atoms with Gasteiger partial charge in [0.15, 0.2) is 0 Å². The molecule has 0 saturated carbocycles. The van der Waals surface area contributed by atoms with Gasteiger partial charge in [-0.1, -0.05) is 5.16 Å². The van der Waals surface area contributed by atoms with Crippen LogP contribution in [0.5, 0.6) is 11.5 Å². The number of carbonyl (C=O) groups excluding carboxylic acids is 1. The molecule has 0 saturated heterocycles. The number of aromatic nitrogens is 2. The molecule has 0 radical (unpaired) electrons. The van der Waals surface area contributed by atoms with Crippen molar-refractivity contribution in [2.45, 2.75) is 12.8 Å². The molecule has 7 nitrogen and oxygen atoms in total. The Balaban J connectivity index is 1.42. The van der Waals surface area contributed by atoms with Crippen LogP contribution in [0.2, 0.25) is 0 Å². The van der Waals surface area contributed by atoms with Crippen molar-refractivity contribution in [3.05, 3.63) is 60.2 Å². The minimum atomic E-state index is -0.331. The fourth-order valence-corrected chi connectivity index (χ4v) is 2.57. The Bertz CT molecular complexity index is 926. The molecule has 0 fully saturated rings. The number of carbonyl (C=O) groups is 1. The van der Waals surface area contributed by atoms with Gasteiger partial charge in [-0.3, -0.25) is 4.79 Å². The quantitative estimate of drug-likeness (QED) is 0.549. The first kappa shape index (κ1) is 20.3. The fraction of sp³-hybridized carbons (Fsp3) is 0.286. The standard InChI is InChI=1S/C21H22FN3O4/c1-25(13-14-28-18-9-7-17(27-2)8-10-18)20(26)12-11-19-23-21(24-29-19)15-3-5-16(22)6-4-15/h3-10H,11-14H2,1-2H3. The molecule has 1 aromatic heterocycles. The van der Waals surface area contributed by atoms with Crippen molar-refractivity contribution in [2.24, 2.45) is 0 Å². The van der Waals surface area contributed by atoms with Gasteiger partial charge in [-0.2, -0.15) is 4.98 Å². The molecule has 1 heterocycles. The molecular weight excluding hydrogens is 377 g/mol. The van der Waals surface area contributed by atoms with E-state index in [1.807, 2.05) is 24.3 Å². The van der Waals surface area contributed by atoms with Crippen LogP contribution in [0.3, 0.4) is 0 Å². The zero-order valence-electron chi connectivity index (χ0n) is 16.3. The first-order chi connectivity index (χ1) is 14.0. The smallest absolute Gasteiger partial charge is 0.227 e. The minimum Gasteiger partial charge on any atom is -0.497 e. The van der Waals surface area contributed by atoms with Gasteiger partial charge in [0.05, 0.1) is 13.7 Å². The summed E-state index contributed by atoms with van der Waals surface area (Å²) < 4.78 is 28.9. The maximum atomic E-state index is 13.0. The molecule has 3 aromatic rings. The number of halogens is 1. The Hall–Kier alpha value is -3.42. The number of aryl methyl sites for hydroxylation is 1. The molecule has 0 aliphatic heterocycles. The van der Waals surface area contributed by atoms with E-state index in [9.17, 15) is 9.18 Å².